The van der Waals surface area contributed by atoms with Crippen LogP contribution in [0.4, 0.5) is 24.5 Å². The highest BCUT2D eigenvalue weighted by Crippen LogP contribution is 2.37. The molecule has 0 radical (unpaired) electrons. The minimum Gasteiger partial charge on any atom is -0.478 e. The number of aromatic carboxylic acids is 1. The molecule has 0 fully saturated rings. The Kier molecular flexibility index (Phi) is 5.12. The lowest BCUT2D eigenvalue weighted by Crippen LogP contribution is -2.17. The number of carboxylic acid groups (broad SMARTS) is 1. The molecule has 2 aromatic carbocycles. The van der Waals surface area contributed by atoms with Gasteiger partial charge < -0.3 is 19.7 Å². The van der Waals surface area contributed by atoms with Gasteiger partial charge in [0.25, 0.3) is 0 Å². The number of nitrogens with zero attached hydrogens (tertiary/aromatic N) is 4. The van der Waals surface area contributed by atoms with Crippen LogP contribution in [-0.4, -0.2) is 44.2 Å². The zero-order chi connectivity index (χ0) is 24.9. The molecule has 5 rings (SSSR count). The Bertz CT molecular complexity index is 1590. The number of halogens is 3. The lowest BCUT2D eigenvalue weighted by atomic mass is 10.1. The third-order valence-corrected chi connectivity index (χ3v) is 5.65. The van der Waals surface area contributed by atoms with Crippen LogP contribution in [0.5, 0.6) is 5.75 Å². The van der Waals surface area contributed by atoms with Crippen molar-refractivity contribution in [3.63, 3.8) is 0 Å². The molecule has 3 heterocycles. The molecule has 0 unspecified atom stereocenters. The van der Waals surface area contributed by atoms with Gasteiger partial charge in [0.1, 0.15) is 11.3 Å². The Morgan fingerprint density at radius 2 is 1.91 bits per heavy atom. The number of pyridine rings is 1. The Labute approximate surface area is 196 Å². The van der Waals surface area contributed by atoms with E-state index < -0.39 is 12.3 Å². The van der Waals surface area contributed by atoms with Gasteiger partial charge in [0.15, 0.2) is 0 Å². The van der Waals surface area contributed by atoms with E-state index in [1.54, 1.807) is 35.8 Å². The van der Waals surface area contributed by atoms with Crippen molar-refractivity contribution in [2.24, 2.45) is 7.05 Å². The fourth-order valence-corrected chi connectivity index (χ4v) is 4.15. The van der Waals surface area contributed by atoms with Crippen molar-refractivity contribution in [3.8, 4) is 17.1 Å². The molecule has 0 bridgehead atoms. The van der Waals surface area contributed by atoms with Gasteiger partial charge in [0, 0.05) is 37.4 Å². The summed E-state index contributed by atoms with van der Waals surface area (Å²) in [5.41, 5.74) is 4.10. The highest BCUT2D eigenvalue weighted by atomic mass is 19.4. The van der Waals surface area contributed by atoms with E-state index in [1.165, 1.54) is 30.5 Å². The number of carboxylic acids is 1. The summed E-state index contributed by atoms with van der Waals surface area (Å²) < 4.78 is 43.7. The third-order valence-electron chi connectivity index (χ3n) is 5.65. The van der Waals surface area contributed by atoms with Crippen LogP contribution in [0, 0.1) is 0 Å². The number of fused-ring (bicyclic) bond motifs is 2. The molecule has 3 aromatic heterocycles. The van der Waals surface area contributed by atoms with Gasteiger partial charge in [0.2, 0.25) is 0 Å². The minimum atomic E-state index is -4.79. The number of anilines is 2. The first-order chi connectivity index (χ1) is 16.6. The molecule has 0 saturated heterocycles. The number of hydrogen-bond acceptors (Lipinski definition) is 5. The fourth-order valence-electron chi connectivity index (χ4n) is 4.15. The maximum Gasteiger partial charge on any atom is 0.573 e. The second-order valence-corrected chi connectivity index (χ2v) is 7.86. The van der Waals surface area contributed by atoms with Crippen LogP contribution in [0.25, 0.3) is 33.3 Å². The zero-order valence-corrected chi connectivity index (χ0v) is 18.5. The second-order valence-electron chi connectivity index (χ2n) is 7.86. The van der Waals surface area contributed by atoms with Gasteiger partial charge in [-0.1, -0.05) is 18.2 Å². The first-order valence-corrected chi connectivity index (χ1v) is 10.4. The van der Waals surface area contributed by atoms with E-state index in [-0.39, 0.29) is 11.3 Å². The van der Waals surface area contributed by atoms with Crippen molar-refractivity contribution in [2.45, 2.75) is 6.36 Å². The number of alkyl halides is 3. The van der Waals surface area contributed by atoms with E-state index in [9.17, 15) is 23.1 Å². The lowest BCUT2D eigenvalue weighted by molar-refractivity contribution is -0.274. The Morgan fingerprint density at radius 1 is 1.14 bits per heavy atom. The summed E-state index contributed by atoms with van der Waals surface area (Å²) in [5.74, 6) is -1.39. The number of H-pyrrole nitrogens is 1. The first kappa shape index (κ1) is 22.3. The van der Waals surface area contributed by atoms with Crippen molar-refractivity contribution in [3.05, 3.63) is 66.4 Å². The molecule has 5 aromatic rings. The van der Waals surface area contributed by atoms with Crippen molar-refractivity contribution in [1.29, 1.82) is 0 Å². The predicted molar refractivity (Wildman–Crippen MR) is 124 cm³/mol. The van der Waals surface area contributed by atoms with Gasteiger partial charge in [0.05, 0.1) is 33.7 Å². The molecular weight excluding hydrogens is 463 g/mol. The zero-order valence-electron chi connectivity index (χ0n) is 18.5. The van der Waals surface area contributed by atoms with Crippen LogP contribution in [0.3, 0.4) is 0 Å². The maximum absolute atomic E-state index is 12.7. The lowest BCUT2D eigenvalue weighted by Gasteiger charge is -2.21. The average Bonchev–Trinajstić information content (AvgIpc) is 3.36. The van der Waals surface area contributed by atoms with Gasteiger partial charge in [-0.05, 0) is 30.3 Å². The maximum atomic E-state index is 12.7. The third kappa shape index (κ3) is 4.01. The summed E-state index contributed by atoms with van der Waals surface area (Å²) in [6.45, 7) is 0. The number of rotatable bonds is 5. The van der Waals surface area contributed by atoms with Gasteiger partial charge in [-0.3, -0.25) is 9.67 Å². The number of nitrogens with one attached hydrogen (secondary N) is 1. The van der Waals surface area contributed by atoms with Crippen LogP contribution in [0.15, 0.2) is 60.8 Å². The number of aromatic nitrogens is 4. The average molecular weight is 481 g/mol. The summed E-state index contributed by atoms with van der Waals surface area (Å²) >= 11 is 0. The smallest absolute Gasteiger partial charge is 0.478 e. The van der Waals surface area contributed by atoms with Gasteiger partial charge >= 0.3 is 12.3 Å². The molecule has 8 nitrogen and oxygen atoms in total. The highest BCUT2D eigenvalue weighted by Gasteiger charge is 2.31. The molecular formula is C24H18F3N5O3. The monoisotopic (exact) mass is 481 g/mol. The summed E-state index contributed by atoms with van der Waals surface area (Å²) in [7, 11) is 3.48. The number of hydrogen-bond donors (Lipinski definition) is 2. The SMILES string of the molecule is CN(c1cccc(OC(F)(F)F)c1)c1cccc2c(-c3cc4nccc(C(=O)O)c4[nH]3)n(C)nc12. The summed E-state index contributed by atoms with van der Waals surface area (Å²) in [5, 5.41) is 14.9. The Hall–Kier alpha value is -4.54. The fraction of sp³-hybridized carbons (Fsp3) is 0.125. The second kappa shape index (κ2) is 8.05. The first-order valence-electron chi connectivity index (χ1n) is 10.4. The summed E-state index contributed by atoms with van der Waals surface area (Å²) in [6.07, 6.45) is -3.35. The summed E-state index contributed by atoms with van der Waals surface area (Å²) in [4.78, 5) is 20.7. The molecule has 11 heteroatoms. The van der Waals surface area contributed by atoms with Gasteiger partial charge in [-0.2, -0.15) is 5.10 Å². The van der Waals surface area contributed by atoms with Crippen LogP contribution >= 0.6 is 0 Å². The molecule has 0 aliphatic heterocycles. The molecule has 0 atom stereocenters. The number of aryl methyl sites for hydroxylation is 1. The number of aromatic amines is 1. The number of benzene rings is 2. The standard InChI is InChI=1S/C24H18F3N5O3/c1-31(13-5-3-6-14(11-13)35-24(25,26)27)19-8-4-7-15-21(19)30-32(2)22(15)18-12-17-20(29-18)16(23(33)34)9-10-28-17/h3-12,29H,1-2H3,(H,33,34). The van der Waals surface area contributed by atoms with Gasteiger partial charge in [-0.15, -0.1) is 13.2 Å². The van der Waals surface area contributed by atoms with E-state index in [2.05, 4.69) is 19.8 Å². The van der Waals surface area contributed by atoms with E-state index in [0.717, 1.165) is 5.39 Å². The van der Waals surface area contributed by atoms with E-state index in [4.69, 9.17) is 0 Å². The molecule has 35 heavy (non-hydrogen) atoms. The van der Waals surface area contributed by atoms with Crippen molar-refractivity contribution >= 4 is 39.3 Å². The molecule has 0 aliphatic rings. The van der Waals surface area contributed by atoms with Crippen LogP contribution in [0.1, 0.15) is 10.4 Å². The van der Waals surface area contributed by atoms with Crippen LogP contribution in [-0.2, 0) is 7.05 Å². The van der Waals surface area contributed by atoms with Crippen molar-refractivity contribution in [1.82, 2.24) is 19.7 Å². The Morgan fingerprint density at radius 3 is 2.66 bits per heavy atom. The largest absolute Gasteiger partial charge is 0.573 e. The molecule has 0 spiro atoms. The Balaban J connectivity index is 1.61. The quantitative estimate of drug-likeness (QED) is 0.345. The summed E-state index contributed by atoms with van der Waals surface area (Å²) in [6, 6.07) is 14.4. The molecule has 0 aliphatic carbocycles. The number of ether oxygens (including phenoxy) is 1. The van der Waals surface area contributed by atoms with E-state index in [1.807, 2.05) is 18.2 Å². The normalized spacial score (nSPS) is 11.8. The minimum absolute atomic E-state index is 0.106. The van der Waals surface area contributed by atoms with Crippen LogP contribution in [0.2, 0.25) is 0 Å². The molecule has 0 amide bonds. The van der Waals surface area contributed by atoms with Crippen LogP contribution < -0.4 is 9.64 Å². The molecule has 178 valence electrons. The predicted octanol–water partition coefficient (Wildman–Crippen LogP) is 5.48. The van der Waals surface area contributed by atoms with Crippen molar-refractivity contribution in [2.75, 3.05) is 11.9 Å². The van der Waals surface area contributed by atoms with Crippen molar-refractivity contribution < 1.29 is 27.8 Å². The van der Waals surface area contributed by atoms with E-state index >= 15 is 0 Å². The topological polar surface area (TPSA) is 96.3 Å². The molecule has 0 saturated carbocycles. The molecule has 2 N–H and O–H groups in total. The van der Waals surface area contributed by atoms with Gasteiger partial charge in [-0.25, -0.2) is 4.79 Å². The number of carbonyl (C=O) groups is 1. The van der Waals surface area contributed by atoms with E-state index in [0.29, 0.717) is 39.3 Å². The highest BCUT2D eigenvalue weighted by molar-refractivity contribution is 6.05.